The number of nitrogens with zero attached hydrogens (tertiary/aromatic N) is 3. The van der Waals surface area contributed by atoms with Gasteiger partial charge in [-0.3, -0.25) is 9.48 Å². The quantitative estimate of drug-likeness (QED) is 0.577. The molecule has 3 aromatic rings. The van der Waals surface area contributed by atoms with Crippen molar-refractivity contribution >= 4 is 5.91 Å². The molecule has 6 nitrogen and oxygen atoms in total. The number of carbonyl (C=O) groups excluding carboxylic acids is 1. The molecule has 0 N–H and O–H groups in total. The molecule has 31 heavy (non-hydrogen) atoms. The van der Waals surface area contributed by atoms with Crippen LogP contribution in [0.25, 0.3) is 11.3 Å². The van der Waals surface area contributed by atoms with Gasteiger partial charge >= 0.3 is 0 Å². The maximum Gasteiger partial charge on any atom is 0.272 e. The van der Waals surface area contributed by atoms with E-state index in [1.54, 1.807) is 11.8 Å². The molecule has 4 rings (SSSR count). The van der Waals surface area contributed by atoms with E-state index < -0.39 is 0 Å². The number of aromatic nitrogens is 2. The summed E-state index contributed by atoms with van der Waals surface area (Å²) in [5.74, 6) is 1.11. The first-order valence-corrected chi connectivity index (χ1v) is 10.7. The van der Waals surface area contributed by atoms with Crippen LogP contribution in [0.3, 0.4) is 0 Å². The molecule has 2 heterocycles. The van der Waals surface area contributed by atoms with Crippen LogP contribution in [0, 0.1) is 5.92 Å². The number of hydrogen-bond acceptors (Lipinski definition) is 4. The highest BCUT2D eigenvalue weighted by Crippen LogP contribution is 2.29. The molecule has 1 aromatic heterocycles. The zero-order chi connectivity index (χ0) is 21.6. The highest BCUT2D eigenvalue weighted by atomic mass is 16.5. The van der Waals surface area contributed by atoms with Gasteiger partial charge in [0, 0.05) is 25.7 Å². The molecule has 0 saturated carbocycles. The Balaban J connectivity index is 1.40. The monoisotopic (exact) mass is 419 g/mol. The molecule has 0 bridgehead atoms. The highest BCUT2D eigenvalue weighted by Gasteiger charge is 2.27. The summed E-state index contributed by atoms with van der Waals surface area (Å²) >= 11 is 0. The third-order valence-corrected chi connectivity index (χ3v) is 5.75. The zero-order valence-corrected chi connectivity index (χ0v) is 18.2. The van der Waals surface area contributed by atoms with Crippen LogP contribution >= 0.6 is 0 Å². The van der Waals surface area contributed by atoms with Gasteiger partial charge in [0.1, 0.15) is 11.4 Å². The molecular weight excluding hydrogens is 390 g/mol. The number of likely N-dealkylation sites (tertiary alicyclic amines) is 1. The summed E-state index contributed by atoms with van der Waals surface area (Å²) in [5.41, 5.74) is 3.38. The van der Waals surface area contributed by atoms with Crippen molar-refractivity contribution in [3.05, 3.63) is 71.9 Å². The largest absolute Gasteiger partial charge is 0.496 e. The fraction of sp³-hybridized carbons (Fsp3) is 0.360. The number of carbonyl (C=O) groups is 1. The summed E-state index contributed by atoms with van der Waals surface area (Å²) in [4.78, 5) is 15.2. The topological polar surface area (TPSA) is 56.6 Å². The summed E-state index contributed by atoms with van der Waals surface area (Å²) < 4.78 is 13.1. The average molecular weight is 420 g/mol. The Kier molecular flexibility index (Phi) is 6.67. The SMILES string of the molecule is COc1ccccc1-c1cc(C(=O)N2CCCC(COCc3ccccc3)C2)n(C)n1. The van der Waals surface area contributed by atoms with E-state index in [0.717, 1.165) is 36.4 Å². The number of amides is 1. The predicted molar refractivity (Wildman–Crippen MR) is 120 cm³/mol. The maximum absolute atomic E-state index is 13.3. The number of piperidine rings is 1. The van der Waals surface area contributed by atoms with Gasteiger partial charge in [0.15, 0.2) is 0 Å². The van der Waals surface area contributed by atoms with Gasteiger partial charge in [0.05, 0.1) is 26.0 Å². The first kappa shape index (κ1) is 21.1. The summed E-state index contributed by atoms with van der Waals surface area (Å²) in [6.45, 7) is 2.75. The standard InChI is InChI=1S/C25H29N3O3/c1-27-23(15-22(26-27)21-12-6-7-13-24(21)30-2)25(29)28-14-8-11-20(16-28)18-31-17-19-9-4-3-5-10-19/h3-7,9-10,12-13,15,20H,8,11,14,16-18H2,1-2H3. The van der Waals surface area contributed by atoms with Crippen LogP contribution in [-0.4, -0.2) is 47.4 Å². The lowest BCUT2D eigenvalue weighted by atomic mass is 9.98. The van der Waals surface area contributed by atoms with Gasteiger partial charge in [-0.05, 0) is 42.5 Å². The molecule has 6 heteroatoms. The fourth-order valence-corrected chi connectivity index (χ4v) is 4.12. The molecule has 2 aromatic carbocycles. The normalized spacial score (nSPS) is 16.3. The first-order valence-electron chi connectivity index (χ1n) is 10.7. The number of rotatable bonds is 7. The molecule has 1 unspecified atom stereocenters. The zero-order valence-electron chi connectivity index (χ0n) is 18.2. The van der Waals surface area contributed by atoms with Gasteiger partial charge in [-0.1, -0.05) is 42.5 Å². The Morgan fingerprint density at radius 2 is 1.90 bits per heavy atom. The molecule has 1 atom stereocenters. The Morgan fingerprint density at radius 1 is 1.13 bits per heavy atom. The van der Waals surface area contributed by atoms with Crippen molar-refractivity contribution in [3.63, 3.8) is 0 Å². The molecule has 1 saturated heterocycles. The molecule has 1 amide bonds. The first-order chi connectivity index (χ1) is 15.2. The van der Waals surface area contributed by atoms with Crippen LogP contribution in [0.1, 0.15) is 28.9 Å². The molecule has 1 fully saturated rings. The molecule has 1 aliphatic rings. The molecule has 1 aliphatic heterocycles. The molecule has 0 radical (unpaired) electrons. The van der Waals surface area contributed by atoms with Gasteiger partial charge in [-0.15, -0.1) is 0 Å². The van der Waals surface area contributed by atoms with E-state index in [2.05, 4.69) is 17.2 Å². The lowest BCUT2D eigenvalue weighted by Crippen LogP contribution is -2.41. The Labute approximate surface area is 183 Å². The van der Waals surface area contributed by atoms with Gasteiger partial charge in [-0.2, -0.15) is 5.10 Å². The number of hydrogen-bond donors (Lipinski definition) is 0. The van der Waals surface area contributed by atoms with Gasteiger partial charge < -0.3 is 14.4 Å². The number of ether oxygens (including phenoxy) is 2. The average Bonchev–Trinajstić information content (AvgIpc) is 3.21. The fourth-order valence-electron chi connectivity index (χ4n) is 4.12. The second kappa shape index (κ2) is 9.79. The Hall–Kier alpha value is -3.12. The van der Waals surface area contributed by atoms with Gasteiger partial charge in [0.2, 0.25) is 0 Å². The van der Waals surface area contributed by atoms with E-state index in [4.69, 9.17) is 9.47 Å². The third-order valence-electron chi connectivity index (χ3n) is 5.75. The number of methoxy groups -OCH3 is 1. The third kappa shape index (κ3) is 4.97. The van der Waals surface area contributed by atoms with Crippen LogP contribution in [0.4, 0.5) is 0 Å². The van der Waals surface area contributed by atoms with E-state index >= 15 is 0 Å². The van der Waals surface area contributed by atoms with Crippen molar-refractivity contribution < 1.29 is 14.3 Å². The van der Waals surface area contributed by atoms with E-state index in [9.17, 15) is 4.79 Å². The Morgan fingerprint density at radius 3 is 2.71 bits per heavy atom. The van der Waals surface area contributed by atoms with Crippen LogP contribution in [0.2, 0.25) is 0 Å². The lowest BCUT2D eigenvalue weighted by Gasteiger charge is -2.32. The van der Waals surface area contributed by atoms with Crippen LogP contribution in [0.15, 0.2) is 60.7 Å². The van der Waals surface area contributed by atoms with Crippen molar-refractivity contribution in [2.24, 2.45) is 13.0 Å². The minimum absolute atomic E-state index is 0.0175. The second-order valence-corrected chi connectivity index (χ2v) is 8.00. The smallest absolute Gasteiger partial charge is 0.272 e. The molecule has 0 spiro atoms. The van der Waals surface area contributed by atoms with E-state index in [1.165, 1.54) is 5.56 Å². The van der Waals surface area contributed by atoms with Crippen molar-refractivity contribution in [2.45, 2.75) is 19.4 Å². The number of para-hydroxylation sites is 1. The van der Waals surface area contributed by atoms with E-state index in [1.807, 2.05) is 60.5 Å². The van der Waals surface area contributed by atoms with Crippen molar-refractivity contribution in [1.29, 1.82) is 0 Å². The van der Waals surface area contributed by atoms with Crippen molar-refractivity contribution in [3.8, 4) is 17.0 Å². The number of benzene rings is 2. The van der Waals surface area contributed by atoms with E-state index in [0.29, 0.717) is 31.4 Å². The maximum atomic E-state index is 13.3. The van der Waals surface area contributed by atoms with Crippen molar-refractivity contribution in [1.82, 2.24) is 14.7 Å². The van der Waals surface area contributed by atoms with Crippen LogP contribution < -0.4 is 4.74 Å². The summed E-state index contributed by atoms with van der Waals surface area (Å²) in [6.07, 6.45) is 2.07. The number of aryl methyl sites for hydroxylation is 1. The predicted octanol–water partition coefficient (Wildman–Crippen LogP) is 4.16. The second-order valence-electron chi connectivity index (χ2n) is 8.00. The minimum atomic E-state index is 0.0175. The van der Waals surface area contributed by atoms with Gasteiger partial charge in [-0.25, -0.2) is 0 Å². The summed E-state index contributed by atoms with van der Waals surface area (Å²) in [6, 6.07) is 19.8. The summed E-state index contributed by atoms with van der Waals surface area (Å²) in [7, 11) is 3.46. The molecule has 162 valence electrons. The Bertz CT molecular complexity index is 1020. The van der Waals surface area contributed by atoms with Crippen LogP contribution in [0.5, 0.6) is 5.75 Å². The van der Waals surface area contributed by atoms with Gasteiger partial charge in [0.25, 0.3) is 5.91 Å². The lowest BCUT2D eigenvalue weighted by molar-refractivity contribution is 0.0419. The molecular formula is C25H29N3O3. The highest BCUT2D eigenvalue weighted by molar-refractivity contribution is 5.94. The molecule has 0 aliphatic carbocycles. The van der Waals surface area contributed by atoms with Crippen LogP contribution in [-0.2, 0) is 18.4 Å². The minimum Gasteiger partial charge on any atom is -0.496 e. The van der Waals surface area contributed by atoms with E-state index in [-0.39, 0.29) is 5.91 Å². The summed E-state index contributed by atoms with van der Waals surface area (Å²) in [5, 5.41) is 4.57. The van der Waals surface area contributed by atoms with Crippen molar-refractivity contribution in [2.75, 3.05) is 26.8 Å².